The molecule has 2 N–H and O–H groups in total. The Morgan fingerprint density at radius 3 is 2.26 bits per heavy atom. The van der Waals surface area contributed by atoms with Crippen LogP contribution in [0.1, 0.15) is 33.3 Å². The average Bonchev–Trinajstić information content (AvgIpc) is 2.73. The van der Waals surface area contributed by atoms with Gasteiger partial charge in [0.1, 0.15) is 0 Å². The van der Waals surface area contributed by atoms with E-state index in [2.05, 4.69) is 70.2 Å². The minimum atomic E-state index is -0.399. The summed E-state index contributed by atoms with van der Waals surface area (Å²) in [4.78, 5) is 0. The maximum absolute atomic E-state index is 6.13. The van der Waals surface area contributed by atoms with Crippen molar-refractivity contribution in [2.45, 2.75) is 38.9 Å². The molecule has 4 heteroatoms. The van der Waals surface area contributed by atoms with Crippen molar-refractivity contribution in [3.63, 3.8) is 0 Å². The minimum Gasteiger partial charge on any atom is -0.400 e. The molecule has 0 aliphatic carbocycles. The van der Waals surface area contributed by atoms with Crippen molar-refractivity contribution < 1.29 is 9.31 Å². The van der Waals surface area contributed by atoms with Crippen LogP contribution in [0, 0.1) is 0 Å². The second kappa shape index (κ2) is 5.79. The molecular weight excluding hydrogens is 285 g/mol. The zero-order valence-electron chi connectivity index (χ0n) is 14.3. The predicted octanol–water partition coefficient (Wildman–Crippen LogP) is 3.81. The molecule has 0 unspecified atom stereocenters. The SMILES string of the molecule is CC1(C)OB(C(=Cc2cccc3ccccc23)CN)OC1(C)C. The molecule has 0 spiro atoms. The number of rotatable bonds is 3. The Morgan fingerprint density at radius 2 is 1.61 bits per heavy atom. The molecule has 120 valence electrons. The van der Waals surface area contributed by atoms with Gasteiger partial charge in [-0.2, -0.15) is 0 Å². The molecule has 0 radical (unpaired) electrons. The van der Waals surface area contributed by atoms with Gasteiger partial charge in [-0.25, -0.2) is 0 Å². The van der Waals surface area contributed by atoms with E-state index in [0.29, 0.717) is 6.54 Å². The smallest absolute Gasteiger partial charge is 0.400 e. The van der Waals surface area contributed by atoms with Gasteiger partial charge in [0.2, 0.25) is 0 Å². The van der Waals surface area contributed by atoms with Crippen LogP contribution in [-0.4, -0.2) is 24.9 Å². The van der Waals surface area contributed by atoms with Gasteiger partial charge in [0, 0.05) is 6.54 Å². The third-order valence-corrected chi connectivity index (χ3v) is 4.96. The van der Waals surface area contributed by atoms with E-state index < -0.39 is 7.12 Å². The van der Waals surface area contributed by atoms with Crippen LogP contribution in [0.25, 0.3) is 16.8 Å². The van der Waals surface area contributed by atoms with Crippen LogP contribution in [0.5, 0.6) is 0 Å². The quantitative estimate of drug-likeness (QED) is 0.877. The summed E-state index contributed by atoms with van der Waals surface area (Å²) in [5, 5.41) is 2.42. The van der Waals surface area contributed by atoms with Gasteiger partial charge in [0.05, 0.1) is 11.2 Å². The minimum absolute atomic E-state index is 0.356. The van der Waals surface area contributed by atoms with E-state index in [9.17, 15) is 0 Å². The molecule has 0 amide bonds. The fraction of sp³-hybridized carbons (Fsp3) is 0.368. The highest BCUT2D eigenvalue weighted by Crippen LogP contribution is 2.38. The molecule has 0 aromatic heterocycles. The van der Waals surface area contributed by atoms with Gasteiger partial charge in [0.15, 0.2) is 0 Å². The first-order valence-electron chi connectivity index (χ1n) is 8.08. The summed E-state index contributed by atoms with van der Waals surface area (Å²) in [6.45, 7) is 8.62. The maximum Gasteiger partial charge on any atom is 0.491 e. The normalized spacial score (nSPS) is 20.2. The lowest BCUT2D eigenvalue weighted by molar-refractivity contribution is 0.00578. The molecule has 1 aliphatic heterocycles. The second-order valence-electron chi connectivity index (χ2n) is 7.08. The van der Waals surface area contributed by atoms with Crippen molar-refractivity contribution in [1.82, 2.24) is 0 Å². The largest absolute Gasteiger partial charge is 0.491 e. The van der Waals surface area contributed by atoms with Crippen LogP contribution in [0.4, 0.5) is 0 Å². The zero-order chi connectivity index (χ0) is 16.7. The summed E-state index contributed by atoms with van der Waals surface area (Å²) in [5.41, 5.74) is 7.38. The Kier molecular flexibility index (Phi) is 4.09. The molecule has 3 nitrogen and oxygen atoms in total. The van der Waals surface area contributed by atoms with E-state index in [0.717, 1.165) is 11.0 Å². The zero-order valence-corrected chi connectivity index (χ0v) is 14.3. The van der Waals surface area contributed by atoms with Gasteiger partial charge in [0.25, 0.3) is 0 Å². The Labute approximate surface area is 138 Å². The van der Waals surface area contributed by atoms with Crippen molar-refractivity contribution in [1.29, 1.82) is 0 Å². The number of fused-ring (bicyclic) bond motifs is 1. The Hall–Kier alpha value is -1.62. The first-order chi connectivity index (χ1) is 10.8. The number of hydrogen-bond acceptors (Lipinski definition) is 3. The summed E-state index contributed by atoms with van der Waals surface area (Å²) in [6, 6.07) is 14.6. The Balaban J connectivity index is 1.99. The van der Waals surface area contributed by atoms with Crippen molar-refractivity contribution in [2.24, 2.45) is 5.73 Å². The number of nitrogens with two attached hydrogens (primary N) is 1. The topological polar surface area (TPSA) is 44.5 Å². The first-order valence-corrected chi connectivity index (χ1v) is 8.08. The van der Waals surface area contributed by atoms with Gasteiger partial charge in [-0.3, -0.25) is 0 Å². The van der Waals surface area contributed by atoms with Crippen molar-refractivity contribution in [2.75, 3.05) is 6.54 Å². The van der Waals surface area contributed by atoms with Crippen LogP contribution < -0.4 is 5.73 Å². The second-order valence-corrected chi connectivity index (χ2v) is 7.08. The molecule has 1 aliphatic rings. The van der Waals surface area contributed by atoms with Crippen molar-refractivity contribution in [3.05, 3.63) is 53.5 Å². The predicted molar refractivity (Wildman–Crippen MR) is 97.1 cm³/mol. The van der Waals surface area contributed by atoms with Crippen molar-refractivity contribution >= 4 is 24.0 Å². The maximum atomic E-state index is 6.13. The Bertz CT molecular complexity index is 731. The molecule has 3 rings (SSSR count). The monoisotopic (exact) mass is 309 g/mol. The molecule has 23 heavy (non-hydrogen) atoms. The lowest BCUT2D eigenvalue weighted by Gasteiger charge is -2.32. The van der Waals surface area contributed by atoms with Gasteiger partial charge in [-0.05, 0) is 49.5 Å². The molecule has 0 bridgehead atoms. The summed E-state index contributed by atoms with van der Waals surface area (Å²) in [7, 11) is -0.399. The van der Waals surface area contributed by atoms with Crippen LogP contribution in [0.3, 0.4) is 0 Å². The third-order valence-electron chi connectivity index (χ3n) is 4.96. The van der Waals surface area contributed by atoms with E-state index in [1.165, 1.54) is 10.8 Å². The lowest BCUT2D eigenvalue weighted by atomic mass is 9.77. The molecule has 2 aromatic rings. The molecule has 1 heterocycles. The van der Waals surface area contributed by atoms with E-state index in [-0.39, 0.29) is 11.2 Å². The van der Waals surface area contributed by atoms with Gasteiger partial charge in [-0.1, -0.05) is 48.5 Å². The van der Waals surface area contributed by atoms with E-state index >= 15 is 0 Å². The molecule has 0 atom stereocenters. The molecule has 2 aromatic carbocycles. The summed E-state index contributed by atoms with van der Waals surface area (Å²) in [5.74, 6) is 0. The highest BCUT2D eigenvalue weighted by atomic mass is 16.7. The molecule has 1 saturated heterocycles. The van der Waals surface area contributed by atoms with Gasteiger partial charge < -0.3 is 15.0 Å². The van der Waals surface area contributed by atoms with Crippen LogP contribution in [0.15, 0.2) is 47.9 Å². The fourth-order valence-electron chi connectivity index (χ4n) is 2.79. The molecule has 0 saturated carbocycles. The molecular formula is C19H24BNO2. The standard InChI is InChI=1S/C19H24BNO2/c1-18(2)19(3,4)23-20(22-18)16(13-21)12-15-10-7-9-14-8-5-6-11-17(14)15/h5-12H,13,21H2,1-4H3. The first kappa shape index (κ1) is 16.3. The van der Waals surface area contributed by atoms with E-state index in [4.69, 9.17) is 15.0 Å². The Morgan fingerprint density at radius 1 is 1.00 bits per heavy atom. The van der Waals surface area contributed by atoms with Gasteiger partial charge in [-0.15, -0.1) is 0 Å². The molecule has 1 fully saturated rings. The van der Waals surface area contributed by atoms with E-state index in [1.54, 1.807) is 0 Å². The highest BCUT2D eigenvalue weighted by molar-refractivity contribution is 6.56. The average molecular weight is 309 g/mol. The highest BCUT2D eigenvalue weighted by Gasteiger charge is 2.52. The fourth-order valence-corrected chi connectivity index (χ4v) is 2.79. The number of hydrogen-bond donors (Lipinski definition) is 1. The third kappa shape index (κ3) is 2.94. The lowest BCUT2D eigenvalue weighted by Crippen LogP contribution is -2.41. The van der Waals surface area contributed by atoms with Gasteiger partial charge >= 0.3 is 7.12 Å². The number of benzene rings is 2. The van der Waals surface area contributed by atoms with E-state index in [1.807, 2.05) is 6.07 Å². The van der Waals surface area contributed by atoms with Crippen molar-refractivity contribution in [3.8, 4) is 0 Å². The van der Waals surface area contributed by atoms with Crippen LogP contribution in [0.2, 0.25) is 0 Å². The van der Waals surface area contributed by atoms with Crippen LogP contribution >= 0.6 is 0 Å². The summed E-state index contributed by atoms with van der Waals surface area (Å²) in [6.07, 6.45) is 2.10. The summed E-state index contributed by atoms with van der Waals surface area (Å²) >= 11 is 0. The summed E-state index contributed by atoms with van der Waals surface area (Å²) < 4.78 is 12.3. The van der Waals surface area contributed by atoms with Crippen LogP contribution in [-0.2, 0) is 9.31 Å².